The zero-order valence-electron chi connectivity index (χ0n) is 11.2. The van der Waals surface area contributed by atoms with E-state index in [2.05, 4.69) is 28.8 Å². The van der Waals surface area contributed by atoms with Gasteiger partial charge in [-0.2, -0.15) is 0 Å². The first-order valence-electron chi connectivity index (χ1n) is 6.01. The molecule has 18 heavy (non-hydrogen) atoms. The van der Waals surface area contributed by atoms with Crippen LogP contribution in [0.5, 0.6) is 0 Å². The Morgan fingerprint density at radius 1 is 1.22 bits per heavy atom. The fourth-order valence-corrected chi connectivity index (χ4v) is 2.72. The minimum atomic E-state index is 0.348. The maximum atomic E-state index is 6.01. The second-order valence-corrected chi connectivity index (χ2v) is 5.78. The summed E-state index contributed by atoms with van der Waals surface area (Å²) in [5.74, 6) is 1.69. The van der Waals surface area contributed by atoms with Crippen molar-refractivity contribution in [1.82, 2.24) is 15.0 Å². The molecular weight excluding hydrogens is 244 g/mol. The molecule has 96 valence electrons. The molecule has 0 aliphatic carbocycles. The first-order valence-corrected chi connectivity index (χ1v) is 6.89. The van der Waals surface area contributed by atoms with Crippen LogP contribution in [0.1, 0.15) is 47.5 Å². The van der Waals surface area contributed by atoms with Crippen molar-refractivity contribution in [2.24, 2.45) is 0 Å². The lowest BCUT2D eigenvalue weighted by Gasteiger charge is -2.12. The summed E-state index contributed by atoms with van der Waals surface area (Å²) >= 11 is 1.64. The van der Waals surface area contributed by atoms with E-state index in [0.717, 1.165) is 27.8 Å². The third-order valence-corrected chi connectivity index (χ3v) is 3.62. The second kappa shape index (κ2) is 5.02. The standard InChI is InChI=1S/C13H18N4S/c1-7(2)12-8(3)15-11(17-13(12)14)5-10-6-18-9(4)16-10/h6-7H,5H2,1-4H3,(H2,14,15,17). The van der Waals surface area contributed by atoms with Gasteiger partial charge in [-0.05, 0) is 19.8 Å². The fourth-order valence-electron chi connectivity index (χ4n) is 2.11. The van der Waals surface area contributed by atoms with E-state index in [4.69, 9.17) is 5.73 Å². The largest absolute Gasteiger partial charge is 0.383 e. The fraction of sp³-hybridized carbons (Fsp3) is 0.462. The molecule has 2 aromatic rings. The summed E-state index contributed by atoms with van der Waals surface area (Å²) in [7, 11) is 0. The Morgan fingerprint density at radius 3 is 2.44 bits per heavy atom. The minimum Gasteiger partial charge on any atom is -0.383 e. The quantitative estimate of drug-likeness (QED) is 0.923. The summed E-state index contributed by atoms with van der Waals surface area (Å²) in [6, 6.07) is 0. The van der Waals surface area contributed by atoms with Crippen molar-refractivity contribution in [1.29, 1.82) is 0 Å². The van der Waals surface area contributed by atoms with Gasteiger partial charge in [0.05, 0.1) is 17.1 Å². The normalized spacial score (nSPS) is 11.2. The Morgan fingerprint density at radius 2 is 1.94 bits per heavy atom. The molecule has 2 heterocycles. The van der Waals surface area contributed by atoms with Crippen molar-refractivity contribution in [3.05, 3.63) is 33.2 Å². The maximum Gasteiger partial charge on any atom is 0.136 e. The monoisotopic (exact) mass is 262 g/mol. The Labute approximate surface area is 111 Å². The molecule has 0 aliphatic rings. The van der Waals surface area contributed by atoms with E-state index in [-0.39, 0.29) is 0 Å². The smallest absolute Gasteiger partial charge is 0.136 e. The second-order valence-electron chi connectivity index (χ2n) is 4.71. The number of nitrogens with two attached hydrogens (primary N) is 1. The Kier molecular flexibility index (Phi) is 3.61. The van der Waals surface area contributed by atoms with Gasteiger partial charge in [-0.15, -0.1) is 11.3 Å². The number of nitrogen functional groups attached to an aromatic ring is 1. The predicted molar refractivity (Wildman–Crippen MR) is 74.9 cm³/mol. The van der Waals surface area contributed by atoms with Gasteiger partial charge in [0.2, 0.25) is 0 Å². The number of hydrogen-bond donors (Lipinski definition) is 1. The van der Waals surface area contributed by atoms with Gasteiger partial charge in [0, 0.05) is 16.6 Å². The maximum absolute atomic E-state index is 6.01. The molecule has 0 spiro atoms. The van der Waals surface area contributed by atoms with E-state index in [0.29, 0.717) is 18.2 Å². The average molecular weight is 262 g/mol. The summed E-state index contributed by atoms with van der Waals surface area (Å²) in [6.45, 7) is 8.19. The molecule has 2 rings (SSSR count). The first kappa shape index (κ1) is 13.0. The SMILES string of the molecule is Cc1nc(Cc2nc(C)c(C(C)C)c(N)n2)cs1. The lowest BCUT2D eigenvalue weighted by molar-refractivity contribution is 0.814. The molecule has 0 amide bonds. The molecule has 2 N–H and O–H groups in total. The third-order valence-electron chi connectivity index (χ3n) is 2.80. The topological polar surface area (TPSA) is 64.7 Å². The molecule has 0 saturated heterocycles. The number of hydrogen-bond acceptors (Lipinski definition) is 5. The van der Waals surface area contributed by atoms with Crippen LogP contribution >= 0.6 is 11.3 Å². The number of anilines is 1. The van der Waals surface area contributed by atoms with Gasteiger partial charge in [0.1, 0.15) is 11.6 Å². The van der Waals surface area contributed by atoms with Crippen molar-refractivity contribution in [2.75, 3.05) is 5.73 Å². The van der Waals surface area contributed by atoms with Crippen molar-refractivity contribution in [2.45, 2.75) is 40.0 Å². The number of aromatic nitrogens is 3. The summed E-state index contributed by atoms with van der Waals surface area (Å²) in [4.78, 5) is 13.3. The van der Waals surface area contributed by atoms with Crippen molar-refractivity contribution in [3.63, 3.8) is 0 Å². The molecule has 5 heteroatoms. The molecule has 0 aromatic carbocycles. The van der Waals surface area contributed by atoms with E-state index >= 15 is 0 Å². The van der Waals surface area contributed by atoms with E-state index < -0.39 is 0 Å². The van der Waals surface area contributed by atoms with Gasteiger partial charge in [0.25, 0.3) is 0 Å². The molecule has 4 nitrogen and oxygen atoms in total. The lowest BCUT2D eigenvalue weighted by atomic mass is 10.0. The van der Waals surface area contributed by atoms with Crippen LogP contribution in [0.25, 0.3) is 0 Å². The highest BCUT2D eigenvalue weighted by Crippen LogP contribution is 2.23. The van der Waals surface area contributed by atoms with Crippen LogP contribution in [0.2, 0.25) is 0 Å². The predicted octanol–water partition coefficient (Wildman–Crippen LogP) is 2.85. The van der Waals surface area contributed by atoms with Crippen LogP contribution in [-0.2, 0) is 6.42 Å². The molecular formula is C13H18N4S. The number of thiazole rings is 1. The summed E-state index contributed by atoms with van der Waals surface area (Å²) in [5, 5.41) is 3.11. The zero-order chi connectivity index (χ0) is 13.3. The lowest BCUT2D eigenvalue weighted by Crippen LogP contribution is -2.09. The molecule has 0 radical (unpaired) electrons. The molecule has 0 saturated carbocycles. The van der Waals surface area contributed by atoms with E-state index in [1.807, 2.05) is 19.2 Å². The summed E-state index contributed by atoms with van der Waals surface area (Å²) < 4.78 is 0. The first-order chi connectivity index (χ1) is 8.47. The molecule has 0 aliphatic heterocycles. The highest BCUT2D eigenvalue weighted by Gasteiger charge is 2.13. The van der Waals surface area contributed by atoms with Gasteiger partial charge in [-0.25, -0.2) is 15.0 Å². The van der Waals surface area contributed by atoms with Gasteiger partial charge < -0.3 is 5.73 Å². The van der Waals surface area contributed by atoms with Crippen molar-refractivity contribution >= 4 is 17.2 Å². The van der Waals surface area contributed by atoms with Crippen molar-refractivity contribution < 1.29 is 0 Å². The van der Waals surface area contributed by atoms with Gasteiger partial charge in [-0.3, -0.25) is 0 Å². The number of aryl methyl sites for hydroxylation is 2. The minimum absolute atomic E-state index is 0.348. The Balaban J connectivity index is 2.30. The third kappa shape index (κ3) is 2.67. The summed E-state index contributed by atoms with van der Waals surface area (Å²) in [5.41, 5.74) is 9.04. The number of nitrogens with zero attached hydrogens (tertiary/aromatic N) is 3. The average Bonchev–Trinajstić information content (AvgIpc) is 2.62. The highest BCUT2D eigenvalue weighted by atomic mass is 32.1. The van der Waals surface area contributed by atoms with Crippen LogP contribution in [0.4, 0.5) is 5.82 Å². The number of rotatable bonds is 3. The van der Waals surface area contributed by atoms with Gasteiger partial charge >= 0.3 is 0 Å². The van der Waals surface area contributed by atoms with Crippen LogP contribution in [0.3, 0.4) is 0 Å². The Hall–Kier alpha value is -1.49. The van der Waals surface area contributed by atoms with Gasteiger partial charge in [0.15, 0.2) is 0 Å². The highest BCUT2D eigenvalue weighted by molar-refractivity contribution is 7.09. The Bertz CT molecular complexity index is 537. The van der Waals surface area contributed by atoms with Crippen LogP contribution in [-0.4, -0.2) is 15.0 Å². The van der Waals surface area contributed by atoms with Crippen LogP contribution in [0.15, 0.2) is 5.38 Å². The van der Waals surface area contributed by atoms with Crippen molar-refractivity contribution in [3.8, 4) is 0 Å². The molecule has 0 atom stereocenters. The van der Waals surface area contributed by atoms with E-state index in [9.17, 15) is 0 Å². The molecule has 2 aromatic heterocycles. The van der Waals surface area contributed by atoms with E-state index in [1.165, 1.54) is 0 Å². The van der Waals surface area contributed by atoms with Gasteiger partial charge in [-0.1, -0.05) is 13.8 Å². The van der Waals surface area contributed by atoms with E-state index in [1.54, 1.807) is 11.3 Å². The zero-order valence-corrected chi connectivity index (χ0v) is 12.0. The molecule has 0 unspecified atom stereocenters. The van der Waals surface area contributed by atoms with Crippen LogP contribution < -0.4 is 5.73 Å². The molecule has 0 fully saturated rings. The summed E-state index contributed by atoms with van der Waals surface area (Å²) in [6.07, 6.45) is 0.647. The molecule has 0 bridgehead atoms. The van der Waals surface area contributed by atoms with Crippen LogP contribution in [0, 0.1) is 13.8 Å².